The Morgan fingerprint density at radius 1 is 1.02 bits per heavy atom. The van der Waals surface area contributed by atoms with Gasteiger partial charge in [-0.15, -0.1) is 0 Å². The van der Waals surface area contributed by atoms with E-state index < -0.39 is 17.8 Å². The van der Waals surface area contributed by atoms with Crippen LogP contribution in [0.4, 0.5) is 14.5 Å². The minimum atomic E-state index is -2.97. The molecule has 1 amide bonds. The van der Waals surface area contributed by atoms with Crippen molar-refractivity contribution < 1.29 is 27.8 Å². The van der Waals surface area contributed by atoms with Crippen LogP contribution < -0.4 is 14.4 Å². The van der Waals surface area contributed by atoms with Gasteiger partial charge >= 0.3 is 6.61 Å². The summed E-state index contributed by atoms with van der Waals surface area (Å²) in [4.78, 5) is 36.4. The number of hydrogen-bond donors (Lipinski definition) is 1. The number of alkyl halides is 2. The van der Waals surface area contributed by atoms with E-state index in [1.165, 1.54) is 29.2 Å². The SMILES string of the molecule is COc1ccc(/C=C2/N=C(S[C@H](C)C(=O)c3c(C)[nH]c4ccccc34)N(c3ccc(OC(F)F)cc3)C2=O)cc1. The first kappa shape index (κ1) is 27.1. The molecular weight excluding hydrogens is 536 g/mol. The van der Waals surface area contributed by atoms with Crippen molar-refractivity contribution in [3.63, 3.8) is 0 Å². The largest absolute Gasteiger partial charge is 0.497 e. The lowest BCUT2D eigenvalue weighted by molar-refractivity contribution is -0.113. The molecule has 1 N–H and O–H groups in total. The molecule has 1 atom stereocenters. The molecule has 204 valence electrons. The van der Waals surface area contributed by atoms with Gasteiger partial charge in [-0.3, -0.25) is 14.5 Å². The van der Waals surface area contributed by atoms with Gasteiger partial charge in [0.25, 0.3) is 5.91 Å². The van der Waals surface area contributed by atoms with Crippen LogP contribution in [0.25, 0.3) is 17.0 Å². The number of methoxy groups -OCH3 is 1. The highest BCUT2D eigenvalue weighted by Crippen LogP contribution is 2.34. The molecule has 0 fully saturated rings. The molecule has 0 radical (unpaired) electrons. The number of carbonyl (C=O) groups excluding carboxylic acids is 2. The van der Waals surface area contributed by atoms with E-state index in [-0.39, 0.29) is 17.2 Å². The maximum atomic E-state index is 13.6. The first-order valence-corrected chi connectivity index (χ1v) is 13.2. The molecule has 10 heteroatoms. The van der Waals surface area contributed by atoms with Crippen molar-refractivity contribution in [2.75, 3.05) is 12.0 Å². The van der Waals surface area contributed by atoms with E-state index in [4.69, 9.17) is 4.74 Å². The van der Waals surface area contributed by atoms with Crippen LogP contribution in [0.3, 0.4) is 0 Å². The molecule has 0 aliphatic carbocycles. The van der Waals surface area contributed by atoms with Crippen molar-refractivity contribution in [3.8, 4) is 11.5 Å². The van der Waals surface area contributed by atoms with Gasteiger partial charge in [-0.1, -0.05) is 42.1 Å². The van der Waals surface area contributed by atoms with Gasteiger partial charge < -0.3 is 14.5 Å². The van der Waals surface area contributed by atoms with Crippen molar-refractivity contribution in [3.05, 3.63) is 95.3 Å². The third kappa shape index (κ3) is 5.48. The number of nitrogens with one attached hydrogen (secondary N) is 1. The number of thioether (sulfide) groups is 1. The van der Waals surface area contributed by atoms with Crippen LogP contribution in [0.5, 0.6) is 11.5 Å². The Balaban J connectivity index is 1.48. The minimum absolute atomic E-state index is 0.0381. The summed E-state index contributed by atoms with van der Waals surface area (Å²) in [5.41, 5.74) is 3.52. The summed E-state index contributed by atoms with van der Waals surface area (Å²) in [6, 6.07) is 20.4. The van der Waals surface area contributed by atoms with Crippen LogP contribution in [-0.2, 0) is 4.79 Å². The second-order valence-electron chi connectivity index (χ2n) is 9.00. The van der Waals surface area contributed by atoms with E-state index >= 15 is 0 Å². The molecule has 0 saturated carbocycles. The Bertz CT molecular complexity index is 1630. The molecule has 1 aromatic heterocycles. The molecule has 0 unspecified atom stereocenters. The molecule has 2 heterocycles. The lowest BCUT2D eigenvalue weighted by Crippen LogP contribution is -2.32. The number of fused-ring (bicyclic) bond motifs is 1. The van der Waals surface area contributed by atoms with Crippen molar-refractivity contribution in [1.29, 1.82) is 0 Å². The Labute approximate surface area is 233 Å². The summed E-state index contributed by atoms with van der Waals surface area (Å²) in [5.74, 6) is 0.114. The number of ether oxygens (including phenoxy) is 2. The Kier molecular flexibility index (Phi) is 7.70. The lowest BCUT2D eigenvalue weighted by atomic mass is 10.1. The van der Waals surface area contributed by atoms with Crippen molar-refractivity contribution >= 4 is 51.3 Å². The van der Waals surface area contributed by atoms with Gasteiger partial charge in [-0.2, -0.15) is 8.78 Å². The number of rotatable bonds is 8. The van der Waals surface area contributed by atoms with E-state index in [0.717, 1.165) is 33.9 Å². The lowest BCUT2D eigenvalue weighted by Gasteiger charge is -2.20. The van der Waals surface area contributed by atoms with Crippen LogP contribution in [0, 0.1) is 6.92 Å². The highest BCUT2D eigenvalue weighted by atomic mass is 32.2. The zero-order valence-electron chi connectivity index (χ0n) is 21.9. The van der Waals surface area contributed by atoms with E-state index in [1.54, 1.807) is 44.4 Å². The highest BCUT2D eigenvalue weighted by Gasteiger charge is 2.35. The van der Waals surface area contributed by atoms with Crippen molar-refractivity contribution in [1.82, 2.24) is 4.98 Å². The quantitative estimate of drug-likeness (QED) is 0.188. The van der Waals surface area contributed by atoms with Gasteiger partial charge in [0.05, 0.1) is 18.0 Å². The number of aliphatic imine (C=N–C) groups is 1. The number of hydrogen-bond acceptors (Lipinski definition) is 6. The molecule has 0 spiro atoms. The number of H-pyrrole nitrogens is 1. The number of aromatic amines is 1. The Morgan fingerprint density at radius 3 is 2.38 bits per heavy atom. The van der Waals surface area contributed by atoms with Crippen LogP contribution in [-0.4, -0.2) is 40.8 Å². The summed E-state index contributed by atoms with van der Waals surface area (Å²) in [7, 11) is 1.57. The summed E-state index contributed by atoms with van der Waals surface area (Å²) in [5, 5.41) is 0.535. The zero-order valence-corrected chi connectivity index (χ0v) is 22.7. The van der Waals surface area contributed by atoms with Gasteiger partial charge in [0.15, 0.2) is 11.0 Å². The smallest absolute Gasteiger partial charge is 0.387 e. The first-order valence-electron chi connectivity index (χ1n) is 12.4. The molecule has 1 aliphatic heterocycles. The number of aryl methyl sites for hydroxylation is 1. The number of halogens is 2. The molecule has 40 heavy (non-hydrogen) atoms. The predicted octanol–water partition coefficient (Wildman–Crippen LogP) is 6.83. The number of aromatic nitrogens is 1. The number of carbonyl (C=O) groups is 2. The van der Waals surface area contributed by atoms with Gasteiger partial charge in [-0.25, -0.2) is 4.99 Å². The number of para-hydroxylation sites is 1. The molecule has 7 nitrogen and oxygen atoms in total. The van der Waals surface area contributed by atoms with Crippen LogP contribution in [0.15, 0.2) is 83.5 Å². The van der Waals surface area contributed by atoms with E-state index in [2.05, 4.69) is 14.7 Å². The monoisotopic (exact) mass is 561 g/mol. The van der Waals surface area contributed by atoms with Crippen LogP contribution >= 0.6 is 11.8 Å². The number of amides is 1. The van der Waals surface area contributed by atoms with Crippen LogP contribution in [0.1, 0.15) is 28.5 Å². The summed E-state index contributed by atoms with van der Waals surface area (Å²) in [6.45, 7) is 0.655. The minimum Gasteiger partial charge on any atom is -0.497 e. The number of nitrogens with zero attached hydrogens (tertiary/aromatic N) is 2. The molecule has 1 aliphatic rings. The standard InChI is InChI=1S/C30H25F2N3O4S/c1-17-26(23-6-4-5-7-24(23)33-17)27(36)18(2)40-30-34-25(16-19-8-12-21(38-3)13-9-19)28(37)35(30)20-10-14-22(15-11-20)39-29(31)32/h4-16,18,29,33H,1-3H3/b25-16+/t18-/m1/s1. The third-order valence-electron chi connectivity index (χ3n) is 6.36. The number of ketones is 1. The Morgan fingerprint density at radius 2 is 1.70 bits per heavy atom. The summed E-state index contributed by atoms with van der Waals surface area (Å²) in [6.07, 6.45) is 1.65. The van der Waals surface area contributed by atoms with Crippen LogP contribution in [0.2, 0.25) is 0 Å². The molecule has 0 saturated heterocycles. The van der Waals surface area contributed by atoms with Crippen molar-refractivity contribution in [2.24, 2.45) is 4.99 Å². The van der Waals surface area contributed by atoms with E-state index in [1.807, 2.05) is 31.2 Å². The topological polar surface area (TPSA) is 84.0 Å². The maximum Gasteiger partial charge on any atom is 0.387 e. The van der Waals surface area contributed by atoms with Gasteiger partial charge in [-0.05, 0) is 68.0 Å². The molecule has 3 aromatic carbocycles. The second kappa shape index (κ2) is 11.4. The maximum absolute atomic E-state index is 13.6. The average Bonchev–Trinajstić information content (AvgIpc) is 3.43. The van der Waals surface area contributed by atoms with E-state index in [0.29, 0.717) is 22.2 Å². The number of amidine groups is 1. The molecule has 5 rings (SSSR count). The van der Waals surface area contributed by atoms with E-state index in [9.17, 15) is 18.4 Å². The van der Waals surface area contributed by atoms with Gasteiger partial charge in [0.1, 0.15) is 17.2 Å². The second-order valence-corrected chi connectivity index (χ2v) is 10.3. The number of anilines is 1. The summed E-state index contributed by atoms with van der Waals surface area (Å²) >= 11 is 1.15. The highest BCUT2D eigenvalue weighted by molar-refractivity contribution is 8.15. The fraction of sp³-hybridized carbons (Fsp3) is 0.167. The predicted molar refractivity (Wildman–Crippen MR) is 153 cm³/mol. The third-order valence-corrected chi connectivity index (χ3v) is 7.41. The normalized spacial score (nSPS) is 15.2. The summed E-state index contributed by atoms with van der Waals surface area (Å²) < 4.78 is 35.0. The number of benzene rings is 3. The first-order chi connectivity index (χ1) is 19.2. The van der Waals surface area contributed by atoms with Gasteiger partial charge in [0.2, 0.25) is 0 Å². The molecular formula is C30H25F2N3O4S. The number of Topliss-reactive ketones (excluding diaryl/α,β-unsaturated/α-hetero) is 1. The fourth-order valence-electron chi connectivity index (χ4n) is 4.45. The fourth-order valence-corrected chi connectivity index (χ4v) is 5.43. The van der Waals surface area contributed by atoms with Crippen molar-refractivity contribution in [2.45, 2.75) is 25.7 Å². The molecule has 0 bridgehead atoms. The Hall–Kier alpha value is -4.44. The zero-order chi connectivity index (χ0) is 28.4. The average molecular weight is 562 g/mol. The van der Waals surface area contributed by atoms with Gasteiger partial charge in [0, 0.05) is 22.2 Å². The molecule has 4 aromatic rings.